The molecule has 27 heavy (non-hydrogen) atoms. The summed E-state index contributed by atoms with van der Waals surface area (Å²) < 4.78 is 11.2. The van der Waals surface area contributed by atoms with Gasteiger partial charge in [0.1, 0.15) is 5.75 Å². The molecule has 7 nitrogen and oxygen atoms in total. The molecule has 2 heterocycles. The monoisotopic (exact) mass is 363 g/mol. The maximum absolute atomic E-state index is 5.76. The van der Waals surface area contributed by atoms with Crippen LogP contribution in [0, 0.1) is 0 Å². The third kappa shape index (κ3) is 4.45. The van der Waals surface area contributed by atoms with Crippen LogP contribution in [0.15, 0.2) is 60.8 Å². The molecule has 0 saturated carbocycles. The molecule has 7 heteroatoms. The first kappa shape index (κ1) is 17.1. The van der Waals surface area contributed by atoms with Gasteiger partial charge in [-0.25, -0.2) is 4.98 Å². The van der Waals surface area contributed by atoms with E-state index in [9.17, 15) is 0 Å². The van der Waals surface area contributed by atoms with Crippen LogP contribution >= 0.6 is 0 Å². The Hall–Kier alpha value is -3.32. The number of nitrogen functional groups attached to an aromatic ring is 1. The molecule has 0 unspecified atom stereocenters. The molecule has 0 radical (unpaired) electrons. The number of ether oxygens (including phenoxy) is 2. The lowest BCUT2D eigenvalue weighted by Crippen LogP contribution is -2.36. The standard InChI is InChI=1S/C20H21N5O2/c21-15-4-6-18(7-5-15)27-19-8-9-22-20(24-19)23-16-2-1-3-17(14-16)25-10-12-26-13-11-25/h1-9,14H,10-13,21H2,(H,22,23,24). The summed E-state index contributed by atoms with van der Waals surface area (Å²) in [4.78, 5) is 11.0. The van der Waals surface area contributed by atoms with Gasteiger partial charge in [-0.2, -0.15) is 4.98 Å². The fraction of sp³-hybridized carbons (Fsp3) is 0.200. The minimum Gasteiger partial charge on any atom is -0.439 e. The molecule has 0 aliphatic carbocycles. The van der Waals surface area contributed by atoms with Crippen molar-refractivity contribution in [2.45, 2.75) is 0 Å². The summed E-state index contributed by atoms with van der Waals surface area (Å²) in [5.74, 6) is 1.60. The predicted octanol–water partition coefficient (Wildman–Crippen LogP) is 3.43. The van der Waals surface area contributed by atoms with E-state index in [1.807, 2.05) is 12.1 Å². The molecule has 0 atom stereocenters. The molecule has 3 N–H and O–H groups in total. The molecule has 1 aromatic heterocycles. The Labute approximate surface area is 157 Å². The summed E-state index contributed by atoms with van der Waals surface area (Å²) in [6, 6.07) is 17.1. The van der Waals surface area contributed by atoms with Gasteiger partial charge in [0.05, 0.1) is 13.2 Å². The van der Waals surface area contributed by atoms with Crippen molar-refractivity contribution >= 4 is 23.0 Å². The maximum atomic E-state index is 5.76. The lowest BCUT2D eigenvalue weighted by atomic mass is 10.2. The molecule has 0 amide bonds. The molecule has 1 saturated heterocycles. The topological polar surface area (TPSA) is 85.5 Å². The van der Waals surface area contributed by atoms with Gasteiger partial charge in [0.25, 0.3) is 0 Å². The Morgan fingerprint density at radius 1 is 1.04 bits per heavy atom. The molecular formula is C20H21N5O2. The molecule has 4 rings (SSSR count). The number of nitrogens with one attached hydrogen (secondary N) is 1. The van der Waals surface area contributed by atoms with Crippen LogP contribution in [-0.4, -0.2) is 36.3 Å². The first-order valence-electron chi connectivity index (χ1n) is 8.82. The number of anilines is 4. The Morgan fingerprint density at radius 2 is 1.85 bits per heavy atom. The van der Waals surface area contributed by atoms with Crippen LogP contribution in [0.3, 0.4) is 0 Å². The molecule has 1 fully saturated rings. The van der Waals surface area contributed by atoms with Gasteiger partial charge in [0, 0.05) is 42.4 Å². The molecule has 0 spiro atoms. The maximum Gasteiger partial charge on any atom is 0.230 e. The van der Waals surface area contributed by atoms with Gasteiger partial charge in [0.15, 0.2) is 0 Å². The number of benzene rings is 2. The van der Waals surface area contributed by atoms with Crippen molar-refractivity contribution < 1.29 is 9.47 Å². The lowest BCUT2D eigenvalue weighted by Gasteiger charge is -2.29. The van der Waals surface area contributed by atoms with Crippen LogP contribution in [-0.2, 0) is 4.74 Å². The van der Waals surface area contributed by atoms with E-state index in [0.29, 0.717) is 23.3 Å². The zero-order chi connectivity index (χ0) is 18.5. The first-order chi connectivity index (χ1) is 13.3. The highest BCUT2D eigenvalue weighted by molar-refractivity contribution is 5.62. The third-order valence-electron chi connectivity index (χ3n) is 4.21. The third-order valence-corrected chi connectivity index (χ3v) is 4.21. The molecule has 3 aromatic rings. The van der Waals surface area contributed by atoms with Gasteiger partial charge >= 0.3 is 0 Å². The summed E-state index contributed by atoms with van der Waals surface area (Å²) in [5.41, 5.74) is 8.45. The van der Waals surface area contributed by atoms with Crippen molar-refractivity contribution in [3.63, 3.8) is 0 Å². The van der Waals surface area contributed by atoms with Gasteiger partial charge in [-0.1, -0.05) is 6.07 Å². The van der Waals surface area contributed by atoms with E-state index in [2.05, 4.69) is 32.3 Å². The number of nitrogens with zero attached hydrogens (tertiary/aromatic N) is 3. The quantitative estimate of drug-likeness (QED) is 0.672. The number of rotatable bonds is 5. The van der Waals surface area contributed by atoms with Crippen LogP contribution in [0.25, 0.3) is 0 Å². The second-order valence-corrected chi connectivity index (χ2v) is 6.16. The number of aromatic nitrogens is 2. The van der Waals surface area contributed by atoms with Crippen molar-refractivity contribution in [3.05, 3.63) is 60.8 Å². The SMILES string of the molecule is Nc1ccc(Oc2ccnc(Nc3cccc(N4CCOCC4)c3)n2)cc1. The highest BCUT2D eigenvalue weighted by Crippen LogP contribution is 2.24. The van der Waals surface area contributed by atoms with E-state index in [4.69, 9.17) is 15.2 Å². The molecular weight excluding hydrogens is 342 g/mol. The summed E-state index contributed by atoms with van der Waals surface area (Å²) in [7, 11) is 0. The zero-order valence-electron chi connectivity index (χ0n) is 14.8. The van der Waals surface area contributed by atoms with Crippen LogP contribution in [0.1, 0.15) is 0 Å². The smallest absolute Gasteiger partial charge is 0.230 e. The van der Waals surface area contributed by atoms with Gasteiger partial charge < -0.3 is 25.4 Å². The van der Waals surface area contributed by atoms with E-state index in [1.54, 1.807) is 36.5 Å². The van der Waals surface area contributed by atoms with Crippen LogP contribution in [0.2, 0.25) is 0 Å². The van der Waals surface area contributed by atoms with Crippen molar-refractivity contribution in [3.8, 4) is 11.6 Å². The highest BCUT2D eigenvalue weighted by atomic mass is 16.5. The summed E-state index contributed by atoms with van der Waals surface area (Å²) in [6.45, 7) is 3.30. The van der Waals surface area contributed by atoms with E-state index in [0.717, 1.165) is 37.7 Å². The van der Waals surface area contributed by atoms with E-state index in [-0.39, 0.29) is 0 Å². The van der Waals surface area contributed by atoms with E-state index >= 15 is 0 Å². The summed E-state index contributed by atoms with van der Waals surface area (Å²) >= 11 is 0. The number of morpholine rings is 1. The Morgan fingerprint density at radius 3 is 2.67 bits per heavy atom. The number of hydrogen-bond donors (Lipinski definition) is 2. The highest BCUT2D eigenvalue weighted by Gasteiger charge is 2.11. The van der Waals surface area contributed by atoms with E-state index in [1.165, 1.54) is 0 Å². The fourth-order valence-electron chi connectivity index (χ4n) is 2.85. The van der Waals surface area contributed by atoms with Crippen molar-refractivity contribution in [1.82, 2.24) is 9.97 Å². The Balaban J connectivity index is 1.47. The average molecular weight is 363 g/mol. The second kappa shape index (κ2) is 7.92. The molecule has 0 bridgehead atoms. The predicted molar refractivity (Wildman–Crippen MR) is 106 cm³/mol. The van der Waals surface area contributed by atoms with Crippen molar-refractivity contribution in [1.29, 1.82) is 0 Å². The zero-order valence-corrected chi connectivity index (χ0v) is 14.8. The van der Waals surface area contributed by atoms with E-state index < -0.39 is 0 Å². The van der Waals surface area contributed by atoms with Gasteiger partial charge in [-0.05, 0) is 42.5 Å². The normalized spacial score (nSPS) is 14.0. The number of nitrogens with two attached hydrogens (primary N) is 1. The average Bonchev–Trinajstić information content (AvgIpc) is 2.71. The molecule has 1 aliphatic heterocycles. The summed E-state index contributed by atoms with van der Waals surface area (Å²) in [6.07, 6.45) is 1.66. The largest absolute Gasteiger partial charge is 0.439 e. The van der Waals surface area contributed by atoms with Crippen LogP contribution < -0.4 is 20.7 Å². The Bertz CT molecular complexity index is 895. The lowest BCUT2D eigenvalue weighted by molar-refractivity contribution is 0.122. The minimum atomic E-state index is 0.460. The Kier molecular flexibility index (Phi) is 5.02. The summed E-state index contributed by atoms with van der Waals surface area (Å²) in [5, 5.41) is 3.24. The number of hydrogen-bond acceptors (Lipinski definition) is 7. The fourth-order valence-corrected chi connectivity index (χ4v) is 2.85. The van der Waals surface area contributed by atoms with Crippen LogP contribution in [0.5, 0.6) is 11.6 Å². The molecule has 2 aromatic carbocycles. The second-order valence-electron chi connectivity index (χ2n) is 6.16. The molecule has 138 valence electrons. The van der Waals surface area contributed by atoms with Gasteiger partial charge in [-0.3, -0.25) is 0 Å². The van der Waals surface area contributed by atoms with Gasteiger partial charge in [0.2, 0.25) is 11.8 Å². The molecule has 1 aliphatic rings. The van der Waals surface area contributed by atoms with Crippen LogP contribution in [0.4, 0.5) is 23.0 Å². The first-order valence-corrected chi connectivity index (χ1v) is 8.82. The van der Waals surface area contributed by atoms with Gasteiger partial charge in [-0.15, -0.1) is 0 Å². The van der Waals surface area contributed by atoms with Crippen molar-refractivity contribution in [2.75, 3.05) is 42.3 Å². The minimum absolute atomic E-state index is 0.460. The van der Waals surface area contributed by atoms with Crippen molar-refractivity contribution in [2.24, 2.45) is 0 Å².